The van der Waals surface area contributed by atoms with Gasteiger partial charge in [0.05, 0.1) is 26.1 Å². The van der Waals surface area contributed by atoms with E-state index in [-0.39, 0.29) is 31.1 Å². The molecule has 3 aliphatic rings. The Hall–Kier alpha value is -3.26. The number of hydrogen-bond donors (Lipinski definition) is 1. The molecule has 2 saturated heterocycles. The molecule has 32 heavy (non-hydrogen) atoms. The fourth-order valence-corrected chi connectivity index (χ4v) is 4.61. The van der Waals surface area contributed by atoms with Crippen LogP contribution in [0.3, 0.4) is 0 Å². The van der Waals surface area contributed by atoms with Gasteiger partial charge in [0.15, 0.2) is 11.5 Å². The van der Waals surface area contributed by atoms with Crippen molar-refractivity contribution in [2.75, 3.05) is 32.3 Å². The summed E-state index contributed by atoms with van der Waals surface area (Å²) >= 11 is 0. The van der Waals surface area contributed by atoms with Crippen molar-refractivity contribution >= 4 is 17.5 Å². The van der Waals surface area contributed by atoms with Gasteiger partial charge in [0, 0.05) is 30.9 Å². The van der Waals surface area contributed by atoms with Crippen molar-refractivity contribution in [3.8, 4) is 17.2 Å². The van der Waals surface area contributed by atoms with Gasteiger partial charge in [-0.1, -0.05) is 12.1 Å². The van der Waals surface area contributed by atoms with Crippen LogP contribution in [-0.2, 0) is 16.1 Å². The maximum Gasteiger partial charge on any atom is 0.247 e. The van der Waals surface area contributed by atoms with Gasteiger partial charge in [0.1, 0.15) is 5.75 Å². The van der Waals surface area contributed by atoms with Gasteiger partial charge >= 0.3 is 0 Å². The SMILES string of the molecule is COc1ccc(CN2C(=O)C[C@H](N3CCC(Nc4ccc5c(c4)OCO5)CC3)C2=O)cc1. The fourth-order valence-electron chi connectivity index (χ4n) is 4.61. The molecule has 0 aliphatic carbocycles. The summed E-state index contributed by atoms with van der Waals surface area (Å²) in [5.74, 6) is 2.10. The van der Waals surface area contributed by atoms with Crippen LogP contribution in [0.1, 0.15) is 24.8 Å². The Kier molecular flexibility index (Phi) is 5.61. The summed E-state index contributed by atoms with van der Waals surface area (Å²) in [5.41, 5.74) is 1.92. The lowest BCUT2D eigenvalue weighted by Crippen LogP contribution is -2.47. The molecule has 2 amide bonds. The molecule has 0 unspecified atom stereocenters. The smallest absolute Gasteiger partial charge is 0.247 e. The molecule has 2 aromatic carbocycles. The maximum atomic E-state index is 13.0. The van der Waals surface area contributed by atoms with Gasteiger partial charge in [-0.3, -0.25) is 19.4 Å². The average molecular weight is 437 g/mol. The highest BCUT2D eigenvalue weighted by molar-refractivity contribution is 6.05. The Morgan fingerprint density at radius 2 is 1.78 bits per heavy atom. The Labute approximate surface area is 187 Å². The number of likely N-dealkylation sites (tertiary alicyclic amines) is 2. The quantitative estimate of drug-likeness (QED) is 0.696. The van der Waals surface area contributed by atoms with Crippen molar-refractivity contribution in [1.29, 1.82) is 0 Å². The van der Waals surface area contributed by atoms with Crippen molar-refractivity contribution in [3.05, 3.63) is 48.0 Å². The summed E-state index contributed by atoms with van der Waals surface area (Å²) in [5, 5.41) is 3.56. The summed E-state index contributed by atoms with van der Waals surface area (Å²) in [6.07, 6.45) is 2.07. The van der Waals surface area contributed by atoms with E-state index in [4.69, 9.17) is 14.2 Å². The third kappa shape index (κ3) is 4.10. The largest absolute Gasteiger partial charge is 0.497 e. The summed E-state index contributed by atoms with van der Waals surface area (Å²) in [6, 6.07) is 13.3. The minimum Gasteiger partial charge on any atom is -0.497 e. The second kappa shape index (κ2) is 8.70. The zero-order chi connectivity index (χ0) is 22.1. The number of nitrogens with one attached hydrogen (secondary N) is 1. The number of hydrogen-bond acceptors (Lipinski definition) is 7. The molecular formula is C24H27N3O5. The van der Waals surface area contributed by atoms with Crippen molar-refractivity contribution in [1.82, 2.24) is 9.80 Å². The van der Waals surface area contributed by atoms with E-state index in [2.05, 4.69) is 10.2 Å². The number of nitrogens with zero attached hydrogens (tertiary/aromatic N) is 2. The van der Waals surface area contributed by atoms with Gasteiger partial charge < -0.3 is 19.5 Å². The van der Waals surface area contributed by atoms with E-state index in [1.54, 1.807) is 7.11 Å². The highest BCUT2D eigenvalue weighted by Crippen LogP contribution is 2.35. The first-order valence-electron chi connectivity index (χ1n) is 11.0. The summed E-state index contributed by atoms with van der Waals surface area (Å²) in [4.78, 5) is 29.2. The number of carbonyl (C=O) groups is 2. The molecule has 3 aliphatic heterocycles. The molecule has 5 rings (SSSR count). The number of piperidine rings is 1. The van der Waals surface area contributed by atoms with E-state index in [9.17, 15) is 9.59 Å². The van der Waals surface area contributed by atoms with Crippen molar-refractivity contribution in [2.24, 2.45) is 0 Å². The topological polar surface area (TPSA) is 80.3 Å². The third-order valence-electron chi connectivity index (χ3n) is 6.43. The molecule has 0 saturated carbocycles. The molecular weight excluding hydrogens is 410 g/mol. The van der Waals surface area contributed by atoms with Gasteiger partial charge in [-0.05, 0) is 42.7 Å². The predicted octanol–water partition coefficient (Wildman–Crippen LogP) is 2.63. The molecule has 168 valence electrons. The van der Waals surface area contributed by atoms with Gasteiger partial charge in [-0.25, -0.2) is 0 Å². The number of benzene rings is 2. The number of rotatable bonds is 6. The predicted molar refractivity (Wildman–Crippen MR) is 118 cm³/mol. The molecule has 1 N–H and O–H groups in total. The van der Waals surface area contributed by atoms with Crippen LogP contribution in [0.25, 0.3) is 0 Å². The first-order valence-corrected chi connectivity index (χ1v) is 11.0. The van der Waals surface area contributed by atoms with E-state index < -0.39 is 0 Å². The van der Waals surface area contributed by atoms with E-state index in [0.29, 0.717) is 12.6 Å². The second-order valence-electron chi connectivity index (χ2n) is 8.41. The lowest BCUT2D eigenvalue weighted by Gasteiger charge is -2.35. The molecule has 2 fully saturated rings. The number of amides is 2. The molecule has 2 aromatic rings. The van der Waals surface area contributed by atoms with Crippen LogP contribution < -0.4 is 19.5 Å². The average Bonchev–Trinajstić information content (AvgIpc) is 3.39. The van der Waals surface area contributed by atoms with Crippen LogP contribution in [0.2, 0.25) is 0 Å². The van der Waals surface area contributed by atoms with Gasteiger partial charge in [-0.15, -0.1) is 0 Å². The minimum absolute atomic E-state index is 0.0898. The molecule has 0 bridgehead atoms. The Balaban J connectivity index is 1.15. The fraction of sp³-hybridized carbons (Fsp3) is 0.417. The Morgan fingerprint density at radius 1 is 1.03 bits per heavy atom. The summed E-state index contributed by atoms with van der Waals surface area (Å²) in [7, 11) is 1.61. The van der Waals surface area contributed by atoms with E-state index >= 15 is 0 Å². The first kappa shape index (κ1) is 20.6. The number of carbonyl (C=O) groups excluding carboxylic acids is 2. The molecule has 0 spiro atoms. The third-order valence-corrected chi connectivity index (χ3v) is 6.43. The van der Waals surface area contributed by atoms with E-state index in [1.807, 2.05) is 42.5 Å². The van der Waals surface area contributed by atoms with Crippen LogP contribution in [0.4, 0.5) is 5.69 Å². The van der Waals surface area contributed by atoms with Crippen LogP contribution in [0, 0.1) is 0 Å². The normalized spacial score (nSPS) is 21.3. The second-order valence-corrected chi connectivity index (χ2v) is 8.41. The zero-order valence-corrected chi connectivity index (χ0v) is 18.1. The monoisotopic (exact) mass is 437 g/mol. The Bertz CT molecular complexity index is 1000. The maximum absolute atomic E-state index is 13.0. The lowest BCUT2D eigenvalue weighted by atomic mass is 10.0. The van der Waals surface area contributed by atoms with Crippen molar-refractivity contribution < 1.29 is 23.8 Å². The van der Waals surface area contributed by atoms with Gasteiger partial charge in [0.25, 0.3) is 0 Å². The molecule has 0 radical (unpaired) electrons. The number of fused-ring (bicyclic) bond motifs is 1. The first-order chi connectivity index (χ1) is 15.6. The zero-order valence-electron chi connectivity index (χ0n) is 18.1. The number of anilines is 1. The molecule has 0 aromatic heterocycles. The molecule has 8 nitrogen and oxygen atoms in total. The van der Waals surface area contributed by atoms with E-state index in [0.717, 1.165) is 54.4 Å². The number of imide groups is 1. The summed E-state index contributed by atoms with van der Waals surface area (Å²) < 4.78 is 16.0. The highest BCUT2D eigenvalue weighted by Gasteiger charge is 2.42. The van der Waals surface area contributed by atoms with Crippen LogP contribution in [-0.4, -0.2) is 60.7 Å². The molecule has 1 atom stereocenters. The summed E-state index contributed by atoms with van der Waals surface area (Å²) in [6.45, 7) is 2.13. The van der Waals surface area contributed by atoms with Gasteiger partial charge in [0.2, 0.25) is 18.6 Å². The molecule has 8 heteroatoms. The van der Waals surface area contributed by atoms with Crippen molar-refractivity contribution in [3.63, 3.8) is 0 Å². The van der Waals surface area contributed by atoms with E-state index in [1.165, 1.54) is 4.90 Å². The number of ether oxygens (including phenoxy) is 3. The molecule has 3 heterocycles. The Morgan fingerprint density at radius 3 is 2.53 bits per heavy atom. The number of methoxy groups -OCH3 is 1. The van der Waals surface area contributed by atoms with Crippen molar-refractivity contribution in [2.45, 2.75) is 37.9 Å². The van der Waals surface area contributed by atoms with Gasteiger partial charge in [-0.2, -0.15) is 0 Å². The lowest BCUT2D eigenvalue weighted by molar-refractivity contribution is -0.140. The minimum atomic E-state index is -0.354. The van der Waals surface area contributed by atoms with Crippen LogP contribution in [0.5, 0.6) is 17.2 Å². The van der Waals surface area contributed by atoms with Crippen LogP contribution >= 0.6 is 0 Å². The standard InChI is InChI=1S/C24H27N3O5/c1-30-19-5-2-16(3-6-19)14-27-23(28)13-20(24(27)29)26-10-8-17(9-11-26)25-18-4-7-21-22(12-18)32-15-31-21/h2-7,12,17,20,25H,8-11,13-15H2,1H3/t20-/m0/s1. The highest BCUT2D eigenvalue weighted by atomic mass is 16.7. The van der Waals surface area contributed by atoms with Crippen LogP contribution in [0.15, 0.2) is 42.5 Å².